The molecule has 2 N–H and O–H groups in total. The second-order valence-corrected chi connectivity index (χ2v) is 6.75. The van der Waals surface area contributed by atoms with E-state index in [-0.39, 0.29) is 5.91 Å². The van der Waals surface area contributed by atoms with Crippen molar-refractivity contribution < 1.29 is 9.53 Å². The smallest absolute Gasteiger partial charge is 0.222 e. The van der Waals surface area contributed by atoms with Crippen LogP contribution in [0.3, 0.4) is 0 Å². The number of ether oxygens (including phenoxy) is 1. The van der Waals surface area contributed by atoms with Crippen LogP contribution in [0, 0.1) is 5.92 Å². The largest absolute Gasteiger partial charge is 0.381 e. The SMILES string of the molecule is CN=C(NCCC(=O)NCc1ccccc1)N(C)CCC1CCOCC1. The molecule has 1 aromatic rings. The van der Waals surface area contributed by atoms with Crippen molar-refractivity contribution in [3.8, 4) is 0 Å². The lowest BCUT2D eigenvalue weighted by molar-refractivity contribution is -0.121. The fourth-order valence-electron chi connectivity index (χ4n) is 3.07. The van der Waals surface area contributed by atoms with E-state index < -0.39 is 0 Å². The Bertz CT molecular complexity index is 556. The highest BCUT2D eigenvalue weighted by molar-refractivity contribution is 5.81. The maximum atomic E-state index is 12.0. The van der Waals surface area contributed by atoms with E-state index in [0.717, 1.165) is 56.5 Å². The molecule has 0 aliphatic carbocycles. The van der Waals surface area contributed by atoms with Crippen LogP contribution in [0.4, 0.5) is 0 Å². The standard InChI is InChI=1S/C20H32N4O2/c1-21-20(24(2)13-9-17-10-14-26-15-11-17)22-12-8-19(25)23-16-18-6-4-3-5-7-18/h3-7,17H,8-16H2,1-2H3,(H,21,22)(H,23,25). The van der Waals surface area contributed by atoms with Gasteiger partial charge in [0.05, 0.1) is 0 Å². The van der Waals surface area contributed by atoms with Crippen LogP contribution in [0.1, 0.15) is 31.2 Å². The highest BCUT2D eigenvalue weighted by Gasteiger charge is 2.15. The predicted molar refractivity (Wildman–Crippen MR) is 105 cm³/mol. The summed E-state index contributed by atoms with van der Waals surface area (Å²) in [5.41, 5.74) is 1.11. The number of nitrogens with one attached hydrogen (secondary N) is 2. The summed E-state index contributed by atoms with van der Waals surface area (Å²) >= 11 is 0. The molecule has 1 aliphatic heterocycles. The Morgan fingerprint density at radius 3 is 2.65 bits per heavy atom. The molecule has 0 aromatic heterocycles. The van der Waals surface area contributed by atoms with Crippen molar-refractivity contribution in [3.05, 3.63) is 35.9 Å². The van der Waals surface area contributed by atoms with Crippen molar-refractivity contribution >= 4 is 11.9 Å². The Kier molecular flexibility index (Phi) is 8.96. The number of carbonyl (C=O) groups excluding carboxylic acids is 1. The molecule has 0 spiro atoms. The highest BCUT2D eigenvalue weighted by atomic mass is 16.5. The summed E-state index contributed by atoms with van der Waals surface area (Å²) in [5, 5.41) is 6.22. The molecule has 1 aliphatic rings. The van der Waals surface area contributed by atoms with E-state index in [2.05, 4.69) is 20.5 Å². The molecule has 144 valence electrons. The normalized spacial score (nSPS) is 15.5. The monoisotopic (exact) mass is 360 g/mol. The first-order valence-electron chi connectivity index (χ1n) is 9.49. The van der Waals surface area contributed by atoms with Crippen molar-refractivity contribution in [1.29, 1.82) is 0 Å². The summed E-state index contributed by atoms with van der Waals surface area (Å²) in [5.74, 6) is 1.63. The molecule has 0 radical (unpaired) electrons. The highest BCUT2D eigenvalue weighted by Crippen LogP contribution is 2.18. The van der Waals surface area contributed by atoms with Gasteiger partial charge in [-0.2, -0.15) is 0 Å². The minimum atomic E-state index is 0.0432. The molecular formula is C20H32N4O2. The van der Waals surface area contributed by atoms with Crippen molar-refractivity contribution in [1.82, 2.24) is 15.5 Å². The second kappa shape index (κ2) is 11.5. The van der Waals surface area contributed by atoms with Gasteiger partial charge in [-0.05, 0) is 30.7 Å². The molecule has 2 rings (SSSR count). The summed E-state index contributed by atoms with van der Waals surface area (Å²) in [6.45, 7) is 3.89. The summed E-state index contributed by atoms with van der Waals surface area (Å²) in [4.78, 5) is 18.4. The first-order chi connectivity index (χ1) is 12.7. The topological polar surface area (TPSA) is 66.0 Å². The summed E-state index contributed by atoms with van der Waals surface area (Å²) in [7, 11) is 3.83. The van der Waals surface area contributed by atoms with Crippen LogP contribution < -0.4 is 10.6 Å². The van der Waals surface area contributed by atoms with Crippen LogP contribution in [0.2, 0.25) is 0 Å². The Morgan fingerprint density at radius 1 is 1.23 bits per heavy atom. The number of rotatable bonds is 8. The molecule has 0 unspecified atom stereocenters. The van der Waals surface area contributed by atoms with Gasteiger partial charge >= 0.3 is 0 Å². The zero-order valence-electron chi connectivity index (χ0n) is 16.0. The molecule has 0 saturated carbocycles. The molecule has 1 aromatic carbocycles. The van der Waals surface area contributed by atoms with Crippen LogP contribution in [-0.2, 0) is 16.1 Å². The number of nitrogens with zero attached hydrogens (tertiary/aromatic N) is 2. The van der Waals surface area contributed by atoms with Gasteiger partial charge in [-0.15, -0.1) is 0 Å². The van der Waals surface area contributed by atoms with Gasteiger partial charge in [0.25, 0.3) is 0 Å². The number of aliphatic imine (C=N–C) groups is 1. The Morgan fingerprint density at radius 2 is 1.96 bits per heavy atom. The molecule has 6 nitrogen and oxygen atoms in total. The van der Waals surface area contributed by atoms with Crippen LogP contribution in [0.25, 0.3) is 0 Å². The molecule has 1 amide bonds. The van der Waals surface area contributed by atoms with E-state index in [1.807, 2.05) is 37.4 Å². The van der Waals surface area contributed by atoms with Gasteiger partial charge in [-0.1, -0.05) is 30.3 Å². The Balaban J connectivity index is 1.61. The van der Waals surface area contributed by atoms with Gasteiger partial charge in [0.2, 0.25) is 5.91 Å². The lowest BCUT2D eigenvalue weighted by atomic mass is 9.96. The summed E-state index contributed by atoms with van der Waals surface area (Å²) in [6.07, 6.45) is 3.89. The maximum absolute atomic E-state index is 12.0. The summed E-state index contributed by atoms with van der Waals surface area (Å²) < 4.78 is 5.41. The van der Waals surface area contributed by atoms with Gasteiger partial charge in [-0.25, -0.2) is 0 Å². The molecule has 6 heteroatoms. The third-order valence-electron chi connectivity index (χ3n) is 4.75. The number of guanidine groups is 1. The molecular weight excluding hydrogens is 328 g/mol. The fraction of sp³-hybridized carbons (Fsp3) is 0.600. The van der Waals surface area contributed by atoms with Gasteiger partial charge in [0.15, 0.2) is 5.96 Å². The van der Waals surface area contributed by atoms with Crippen LogP contribution in [0.15, 0.2) is 35.3 Å². The lowest BCUT2D eigenvalue weighted by Crippen LogP contribution is -2.41. The van der Waals surface area contributed by atoms with Gasteiger partial charge < -0.3 is 20.3 Å². The van der Waals surface area contributed by atoms with E-state index >= 15 is 0 Å². The predicted octanol–water partition coefficient (Wildman–Crippen LogP) is 2.02. The third kappa shape index (κ3) is 7.44. The van der Waals surface area contributed by atoms with E-state index in [4.69, 9.17) is 4.74 Å². The number of carbonyl (C=O) groups is 1. The van der Waals surface area contributed by atoms with E-state index in [9.17, 15) is 4.79 Å². The van der Waals surface area contributed by atoms with Crippen molar-refractivity contribution in [3.63, 3.8) is 0 Å². The second-order valence-electron chi connectivity index (χ2n) is 6.75. The van der Waals surface area contributed by atoms with E-state index in [0.29, 0.717) is 19.5 Å². The third-order valence-corrected chi connectivity index (χ3v) is 4.75. The first-order valence-corrected chi connectivity index (χ1v) is 9.49. The van der Waals surface area contributed by atoms with Gasteiger partial charge in [0, 0.05) is 53.4 Å². The minimum Gasteiger partial charge on any atom is -0.381 e. The number of hydrogen-bond donors (Lipinski definition) is 2. The Hall–Kier alpha value is -2.08. The summed E-state index contributed by atoms with van der Waals surface area (Å²) in [6, 6.07) is 9.94. The number of benzene rings is 1. The fourth-order valence-corrected chi connectivity index (χ4v) is 3.07. The van der Waals surface area contributed by atoms with E-state index in [1.165, 1.54) is 0 Å². The number of hydrogen-bond acceptors (Lipinski definition) is 3. The molecule has 0 bridgehead atoms. The van der Waals surface area contributed by atoms with Gasteiger partial charge in [-0.3, -0.25) is 9.79 Å². The molecule has 1 fully saturated rings. The van der Waals surface area contributed by atoms with Crippen molar-refractivity contribution in [2.24, 2.45) is 10.9 Å². The minimum absolute atomic E-state index is 0.0432. The average Bonchev–Trinajstić information content (AvgIpc) is 2.69. The van der Waals surface area contributed by atoms with Crippen LogP contribution in [0.5, 0.6) is 0 Å². The number of amides is 1. The molecule has 26 heavy (non-hydrogen) atoms. The van der Waals surface area contributed by atoms with E-state index in [1.54, 1.807) is 7.05 Å². The maximum Gasteiger partial charge on any atom is 0.222 e. The van der Waals surface area contributed by atoms with Crippen LogP contribution >= 0.6 is 0 Å². The lowest BCUT2D eigenvalue weighted by Gasteiger charge is -2.26. The van der Waals surface area contributed by atoms with Crippen LogP contribution in [-0.4, -0.2) is 57.2 Å². The quantitative estimate of drug-likeness (QED) is 0.550. The Labute approximate surface area is 157 Å². The average molecular weight is 361 g/mol. The first kappa shape index (κ1) is 20.2. The zero-order chi connectivity index (χ0) is 18.6. The molecule has 0 atom stereocenters. The molecule has 1 heterocycles. The molecule has 1 saturated heterocycles. The van der Waals surface area contributed by atoms with Crippen molar-refractivity contribution in [2.75, 3.05) is 40.4 Å². The zero-order valence-corrected chi connectivity index (χ0v) is 16.0. The van der Waals surface area contributed by atoms with Gasteiger partial charge in [0.1, 0.15) is 0 Å². The van der Waals surface area contributed by atoms with Crippen molar-refractivity contribution in [2.45, 2.75) is 32.2 Å².